The molecule has 1 aromatic carbocycles. The number of anilines is 1. The van der Waals surface area contributed by atoms with Crippen LogP contribution in [0.25, 0.3) is 0 Å². The molecule has 1 aliphatic rings. The second kappa shape index (κ2) is 9.29. The first-order valence-corrected chi connectivity index (χ1v) is 9.15. The first kappa shape index (κ1) is 18.3. The minimum atomic E-state index is 0.284. The van der Waals surface area contributed by atoms with Crippen LogP contribution >= 0.6 is 11.6 Å². The molecule has 6 nitrogen and oxygen atoms in total. The number of pyridine rings is 1. The summed E-state index contributed by atoms with van der Waals surface area (Å²) in [5.74, 6) is 1.97. The Bertz CT molecular complexity index is 731. The second-order valence-corrected chi connectivity index (χ2v) is 6.50. The van der Waals surface area contributed by atoms with Crippen LogP contribution in [0.1, 0.15) is 24.8 Å². The average molecular weight is 375 g/mol. The van der Waals surface area contributed by atoms with Gasteiger partial charge in [0.2, 0.25) is 0 Å². The highest BCUT2D eigenvalue weighted by Gasteiger charge is 2.12. The summed E-state index contributed by atoms with van der Waals surface area (Å²) in [4.78, 5) is 12.0. The fraction of sp³-hybridized carbons (Fsp3) is 0.368. The van der Waals surface area contributed by atoms with Gasteiger partial charge in [0.15, 0.2) is 12.4 Å². The van der Waals surface area contributed by atoms with Crippen molar-refractivity contribution >= 4 is 23.3 Å². The third-order valence-corrected chi connectivity index (χ3v) is 4.36. The van der Waals surface area contributed by atoms with E-state index in [1.165, 1.54) is 19.3 Å². The first-order valence-electron chi connectivity index (χ1n) is 8.77. The maximum atomic E-state index is 5.95. The van der Waals surface area contributed by atoms with E-state index < -0.39 is 0 Å². The maximum Gasteiger partial charge on any atom is 0.171 e. The number of halogens is 1. The molecule has 7 heteroatoms. The van der Waals surface area contributed by atoms with Crippen LogP contribution in [0.4, 0.5) is 5.82 Å². The summed E-state index contributed by atoms with van der Waals surface area (Å²) in [6.07, 6.45) is 5.47. The number of benzene rings is 1. The molecule has 0 radical (unpaired) electrons. The van der Waals surface area contributed by atoms with E-state index in [-0.39, 0.29) is 6.61 Å². The lowest BCUT2D eigenvalue weighted by molar-refractivity contribution is 0.107. The van der Waals surface area contributed by atoms with Crippen molar-refractivity contribution in [3.05, 3.63) is 53.2 Å². The molecule has 0 amide bonds. The standard InChI is InChI=1S/C19H23ClN4O2/c20-16-5-4-6-17(13-16)25-11-12-26-23-19(21)15-7-8-18(22-14-15)24-9-2-1-3-10-24/h4-8,13-14H,1-3,9-12H2,(H2,21,23). The number of rotatable bonds is 7. The quantitative estimate of drug-likeness (QED) is 0.348. The maximum absolute atomic E-state index is 5.95. The van der Waals surface area contributed by atoms with Gasteiger partial charge in [-0.1, -0.05) is 22.8 Å². The largest absolute Gasteiger partial charge is 0.490 e. The monoisotopic (exact) mass is 374 g/mol. The fourth-order valence-corrected chi connectivity index (χ4v) is 2.95. The van der Waals surface area contributed by atoms with E-state index in [1.807, 2.05) is 24.3 Å². The number of ether oxygens (including phenoxy) is 1. The van der Waals surface area contributed by atoms with Gasteiger partial charge in [0.1, 0.15) is 18.2 Å². The molecule has 1 aliphatic heterocycles. The van der Waals surface area contributed by atoms with Crippen molar-refractivity contribution in [1.82, 2.24) is 4.98 Å². The lowest BCUT2D eigenvalue weighted by Crippen LogP contribution is -2.30. The number of nitrogens with zero attached hydrogens (tertiary/aromatic N) is 3. The first-order chi connectivity index (χ1) is 12.7. The van der Waals surface area contributed by atoms with Gasteiger partial charge in [0, 0.05) is 29.9 Å². The van der Waals surface area contributed by atoms with E-state index in [1.54, 1.807) is 18.3 Å². The average Bonchev–Trinajstić information content (AvgIpc) is 2.68. The number of piperidine rings is 1. The third kappa shape index (κ3) is 5.26. The van der Waals surface area contributed by atoms with Gasteiger partial charge in [-0.2, -0.15) is 0 Å². The van der Waals surface area contributed by atoms with Gasteiger partial charge in [-0.25, -0.2) is 4.98 Å². The molecule has 0 bridgehead atoms. The minimum Gasteiger partial charge on any atom is -0.490 e. The van der Waals surface area contributed by atoms with Crippen LogP contribution in [-0.2, 0) is 4.84 Å². The Hall–Kier alpha value is -2.47. The summed E-state index contributed by atoms with van der Waals surface area (Å²) in [5.41, 5.74) is 6.69. The molecule has 3 rings (SSSR count). The summed E-state index contributed by atoms with van der Waals surface area (Å²) in [5, 5.41) is 4.55. The second-order valence-electron chi connectivity index (χ2n) is 6.07. The molecule has 0 saturated carbocycles. The normalized spacial score (nSPS) is 15.0. The van der Waals surface area contributed by atoms with Crippen molar-refractivity contribution in [2.75, 3.05) is 31.2 Å². The molecule has 138 valence electrons. The number of hydrogen-bond donors (Lipinski definition) is 1. The SMILES string of the molecule is NC(=NOCCOc1cccc(Cl)c1)c1ccc(N2CCCCC2)nc1. The van der Waals surface area contributed by atoms with Gasteiger partial charge >= 0.3 is 0 Å². The van der Waals surface area contributed by atoms with Crippen LogP contribution in [0, 0.1) is 0 Å². The highest BCUT2D eigenvalue weighted by Crippen LogP contribution is 2.18. The summed E-state index contributed by atoms with van der Waals surface area (Å²) >= 11 is 5.90. The van der Waals surface area contributed by atoms with Gasteiger partial charge in [-0.05, 0) is 49.6 Å². The zero-order valence-corrected chi connectivity index (χ0v) is 15.4. The predicted octanol–water partition coefficient (Wildman–Crippen LogP) is 3.44. The van der Waals surface area contributed by atoms with Crippen LogP contribution in [-0.4, -0.2) is 37.1 Å². The third-order valence-electron chi connectivity index (χ3n) is 4.13. The molecular weight excluding hydrogens is 352 g/mol. The van der Waals surface area contributed by atoms with Crippen LogP contribution in [0.5, 0.6) is 5.75 Å². The van der Waals surface area contributed by atoms with Gasteiger partial charge in [-0.3, -0.25) is 0 Å². The molecule has 1 saturated heterocycles. The Morgan fingerprint density at radius 2 is 2.00 bits per heavy atom. The van der Waals surface area contributed by atoms with E-state index in [0.717, 1.165) is 24.5 Å². The lowest BCUT2D eigenvalue weighted by atomic mass is 10.1. The van der Waals surface area contributed by atoms with E-state index in [0.29, 0.717) is 23.2 Å². The zero-order chi connectivity index (χ0) is 18.2. The number of hydrogen-bond acceptors (Lipinski definition) is 5. The Morgan fingerprint density at radius 3 is 2.73 bits per heavy atom. The van der Waals surface area contributed by atoms with Gasteiger partial charge in [-0.15, -0.1) is 0 Å². The van der Waals surface area contributed by atoms with E-state index in [9.17, 15) is 0 Å². The molecule has 0 unspecified atom stereocenters. The Balaban J connectivity index is 1.45. The summed E-state index contributed by atoms with van der Waals surface area (Å²) in [7, 11) is 0. The van der Waals surface area contributed by atoms with Crippen LogP contribution in [0.3, 0.4) is 0 Å². The molecule has 0 atom stereocenters. The number of nitrogens with two attached hydrogens (primary N) is 1. The van der Waals surface area contributed by atoms with Crippen molar-refractivity contribution in [3.63, 3.8) is 0 Å². The molecule has 26 heavy (non-hydrogen) atoms. The Morgan fingerprint density at radius 1 is 1.15 bits per heavy atom. The molecule has 2 N–H and O–H groups in total. The highest BCUT2D eigenvalue weighted by molar-refractivity contribution is 6.30. The van der Waals surface area contributed by atoms with E-state index in [4.69, 9.17) is 26.9 Å². The lowest BCUT2D eigenvalue weighted by Gasteiger charge is -2.27. The molecular formula is C19H23ClN4O2. The molecule has 0 spiro atoms. The topological polar surface area (TPSA) is 73.0 Å². The Labute approximate surface area is 158 Å². The highest BCUT2D eigenvalue weighted by atomic mass is 35.5. The van der Waals surface area contributed by atoms with Crippen molar-refractivity contribution in [2.24, 2.45) is 10.9 Å². The van der Waals surface area contributed by atoms with Crippen molar-refractivity contribution in [3.8, 4) is 5.75 Å². The molecule has 1 aromatic heterocycles. The number of amidine groups is 1. The van der Waals surface area contributed by atoms with Crippen molar-refractivity contribution in [1.29, 1.82) is 0 Å². The molecule has 2 aromatic rings. The summed E-state index contributed by atoms with van der Waals surface area (Å²) in [6, 6.07) is 11.1. The fourth-order valence-electron chi connectivity index (χ4n) is 2.77. The van der Waals surface area contributed by atoms with Crippen LogP contribution in [0.15, 0.2) is 47.8 Å². The molecule has 2 heterocycles. The van der Waals surface area contributed by atoms with Crippen LogP contribution in [0.2, 0.25) is 5.02 Å². The van der Waals surface area contributed by atoms with Gasteiger partial charge < -0.3 is 20.2 Å². The zero-order valence-electron chi connectivity index (χ0n) is 14.6. The summed E-state index contributed by atoms with van der Waals surface area (Å²) in [6.45, 7) is 2.76. The Kier molecular flexibility index (Phi) is 6.55. The summed E-state index contributed by atoms with van der Waals surface area (Å²) < 4.78 is 5.52. The smallest absolute Gasteiger partial charge is 0.171 e. The molecule has 1 fully saturated rings. The van der Waals surface area contributed by atoms with Crippen molar-refractivity contribution < 1.29 is 9.57 Å². The van der Waals surface area contributed by atoms with Gasteiger partial charge in [0.25, 0.3) is 0 Å². The number of oxime groups is 1. The predicted molar refractivity (Wildman–Crippen MR) is 104 cm³/mol. The minimum absolute atomic E-state index is 0.284. The van der Waals surface area contributed by atoms with E-state index >= 15 is 0 Å². The molecule has 0 aliphatic carbocycles. The van der Waals surface area contributed by atoms with Crippen molar-refractivity contribution in [2.45, 2.75) is 19.3 Å². The van der Waals surface area contributed by atoms with Gasteiger partial charge in [0.05, 0.1) is 0 Å². The van der Waals surface area contributed by atoms with Crippen LogP contribution < -0.4 is 15.4 Å². The van der Waals surface area contributed by atoms with E-state index in [2.05, 4.69) is 15.0 Å². The number of aromatic nitrogens is 1.